The van der Waals surface area contributed by atoms with E-state index in [1.807, 2.05) is 0 Å². The van der Waals surface area contributed by atoms with E-state index in [0.717, 1.165) is 0 Å². The van der Waals surface area contributed by atoms with Crippen molar-refractivity contribution in [1.29, 1.82) is 5.26 Å². The van der Waals surface area contributed by atoms with Crippen LogP contribution < -0.4 is 20.7 Å². The first-order valence-electron chi connectivity index (χ1n) is 12.7. The number of halogens is 4. The summed E-state index contributed by atoms with van der Waals surface area (Å²) in [7, 11) is 2.75. The number of carbonyl (C=O) groups excluding carboxylic acids is 2. The molecule has 216 valence electrons. The number of amides is 2. The molecule has 2 heterocycles. The summed E-state index contributed by atoms with van der Waals surface area (Å²) in [6.07, 6.45) is -3.62. The number of benzene rings is 2. The van der Waals surface area contributed by atoms with Gasteiger partial charge in [0.15, 0.2) is 0 Å². The zero-order chi connectivity index (χ0) is 30.2. The van der Waals surface area contributed by atoms with Crippen LogP contribution in [0.4, 0.5) is 23.4 Å². The van der Waals surface area contributed by atoms with Gasteiger partial charge in [0.2, 0.25) is 5.71 Å². The molecule has 1 aliphatic rings. The number of pyridine rings is 1. The zero-order valence-electron chi connectivity index (χ0n) is 22.3. The number of nitrogens with one attached hydrogen (secondary N) is 3. The standard InChI is InChI=1S/C29H23F4N5O4/c1-35-26(40)22-20-12-18(16-5-8-21(41-2)19(11-16)25(39)38-28(13-34)9-10-28)24(36-14-29(31,32)33)37-27(20)42-23(22)15-3-6-17(30)7-4-15/h3-8,11-12H,9-10,14H2,1-2H3,(H,35,40)(H,36,37)(H,38,39). The van der Waals surface area contributed by atoms with Crippen molar-refractivity contribution in [2.75, 3.05) is 26.0 Å². The Bertz CT molecular complexity index is 1740. The number of nitriles is 1. The van der Waals surface area contributed by atoms with Gasteiger partial charge in [-0.25, -0.2) is 4.39 Å². The fourth-order valence-electron chi connectivity index (χ4n) is 4.44. The number of hydrogen-bond donors (Lipinski definition) is 3. The second kappa shape index (κ2) is 10.7. The second-order valence-electron chi connectivity index (χ2n) is 9.66. The fraction of sp³-hybridized carbons (Fsp3) is 0.241. The van der Waals surface area contributed by atoms with Crippen LogP contribution >= 0.6 is 0 Å². The highest BCUT2D eigenvalue weighted by Gasteiger charge is 2.45. The SMILES string of the molecule is CNC(=O)c1c(-c2ccc(F)cc2)oc2nc(NCC(F)(F)F)c(-c3ccc(OC)c(C(=O)NC4(C#N)CC4)c3)cc12. The van der Waals surface area contributed by atoms with Crippen LogP contribution in [-0.4, -0.2) is 49.2 Å². The number of ether oxygens (including phenoxy) is 1. The molecule has 13 heteroatoms. The van der Waals surface area contributed by atoms with E-state index in [-0.39, 0.29) is 50.7 Å². The molecule has 2 aromatic heterocycles. The van der Waals surface area contributed by atoms with Crippen LogP contribution in [0.2, 0.25) is 0 Å². The lowest BCUT2D eigenvalue weighted by Gasteiger charge is -2.16. The van der Waals surface area contributed by atoms with Crippen molar-refractivity contribution in [3.8, 4) is 34.3 Å². The summed E-state index contributed by atoms with van der Waals surface area (Å²) in [5.74, 6) is -1.70. The third-order valence-corrected chi connectivity index (χ3v) is 6.77. The van der Waals surface area contributed by atoms with Crippen molar-refractivity contribution in [1.82, 2.24) is 15.6 Å². The highest BCUT2D eigenvalue weighted by atomic mass is 19.4. The van der Waals surface area contributed by atoms with Gasteiger partial charge in [-0.05, 0) is 60.9 Å². The second-order valence-corrected chi connectivity index (χ2v) is 9.66. The Kier molecular flexibility index (Phi) is 7.24. The van der Waals surface area contributed by atoms with Crippen LogP contribution in [0.1, 0.15) is 33.6 Å². The summed E-state index contributed by atoms with van der Waals surface area (Å²) in [4.78, 5) is 30.4. The molecule has 0 saturated heterocycles. The Morgan fingerprint density at radius 2 is 1.79 bits per heavy atom. The fourth-order valence-corrected chi connectivity index (χ4v) is 4.44. The van der Waals surface area contributed by atoms with Crippen molar-refractivity contribution in [2.24, 2.45) is 0 Å². The largest absolute Gasteiger partial charge is 0.496 e. The van der Waals surface area contributed by atoms with Gasteiger partial charge in [-0.15, -0.1) is 0 Å². The van der Waals surface area contributed by atoms with Crippen molar-refractivity contribution in [3.63, 3.8) is 0 Å². The maximum atomic E-state index is 13.6. The van der Waals surface area contributed by atoms with E-state index in [2.05, 4.69) is 27.0 Å². The van der Waals surface area contributed by atoms with Crippen LogP contribution in [0.15, 0.2) is 52.9 Å². The minimum Gasteiger partial charge on any atom is -0.496 e. The van der Waals surface area contributed by atoms with Crippen LogP contribution in [0.5, 0.6) is 5.75 Å². The van der Waals surface area contributed by atoms with Crippen molar-refractivity contribution < 1.29 is 36.3 Å². The van der Waals surface area contributed by atoms with Crippen LogP contribution in [0.3, 0.4) is 0 Å². The third kappa shape index (κ3) is 5.56. The predicted octanol–water partition coefficient (Wildman–Crippen LogP) is 5.43. The predicted molar refractivity (Wildman–Crippen MR) is 144 cm³/mol. The van der Waals surface area contributed by atoms with E-state index < -0.39 is 35.9 Å². The molecule has 2 amide bonds. The van der Waals surface area contributed by atoms with E-state index >= 15 is 0 Å². The maximum absolute atomic E-state index is 13.6. The van der Waals surface area contributed by atoms with Crippen molar-refractivity contribution >= 4 is 28.7 Å². The van der Waals surface area contributed by atoms with E-state index in [9.17, 15) is 32.4 Å². The number of carbonyl (C=O) groups is 2. The van der Waals surface area contributed by atoms with Gasteiger partial charge in [-0.3, -0.25) is 9.59 Å². The van der Waals surface area contributed by atoms with Gasteiger partial charge in [0, 0.05) is 18.2 Å². The zero-order valence-corrected chi connectivity index (χ0v) is 22.3. The van der Waals surface area contributed by atoms with Gasteiger partial charge in [0.25, 0.3) is 11.8 Å². The molecule has 42 heavy (non-hydrogen) atoms. The summed E-state index contributed by atoms with van der Waals surface area (Å²) < 4.78 is 64.5. The molecule has 1 fully saturated rings. The third-order valence-electron chi connectivity index (χ3n) is 6.77. The number of furan rings is 1. The first-order valence-corrected chi connectivity index (χ1v) is 12.7. The first kappa shape index (κ1) is 28.4. The Labute approximate surface area is 236 Å². The van der Waals surface area contributed by atoms with Gasteiger partial charge >= 0.3 is 6.18 Å². The summed E-state index contributed by atoms with van der Waals surface area (Å²) in [6.45, 7) is -1.43. The molecule has 4 aromatic rings. The number of anilines is 1. The smallest absolute Gasteiger partial charge is 0.405 e. The number of fused-ring (bicyclic) bond motifs is 1. The maximum Gasteiger partial charge on any atom is 0.405 e. The topological polar surface area (TPSA) is 129 Å². The lowest BCUT2D eigenvalue weighted by atomic mass is 9.99. The average Bonchev–Trinajstić information content (AvgIpc) is 3.65. The summed E-state index contributed by atoms with van der Waals surface area (Å²) in [5.41, 5.74) is -0.300. The van der Waals surface area contributed by atoms with Gasteiger partial charge in [-0.2, -0.15) is 23.4 Å². The number of alkyl halides is 3. The normalized spacial score (nSPS) is 13.7. The number of rotatable bonds is 8. The van der Waals surface area contributed by atoms with E-state index in [4.69, 9.17) is 9.15 Å². The molecule has 1 aliphatic carbocycles. The van der Waals surface area contributed by atoms with Crippen molar-refractivity contribution in [3.05, 3.63) is 65.5 Å². The molecule has 3 N–H and O–H groups in total. The Morgan fingerprint density at radius 3 is 2.38 bits per heavy atom. The molecule has 5 rings (SSSR count). The van der Waals surface area contributed by atoms with Crippen molar-refractivity contribution in [2.45, 2.75) is 24.6 Å². The molecule has 0 spiro atoms. The summed E-state index contributed by atoms with van der Waals surface area (Å²) in [5, 5.41) is 17.0. The van der Waals surface area contributed by atoms with Crippen LogP contribution in [-0.2, 0) is 0 Å². The van der Waals surface area contributed by atoms with Crippen LogP contribution in [0, 0.1) is 17.1 Å². The number of methoxy groups -OCH3 is 1. The molecule has 0 atom stereocenters. The molecular weight excluding hydrogens is 558 g/mol. The molecule has 0 bridgehead atoms. The minimum absolute atomic E-state index is 0.0337. The first-order chi connectivity index (χ1) is 20.0. The highest BCUT2D eigenvalue weighted by Crippen LogP contribution is 2.40. The average molecular weight is 582 g/mol. The van der Waals surface area contributed by atoms with Gasteiger partial charge < -0.3 is 25.1 Å². The molecule has 0 radical (unpaired) electrons. The molecule has 1 saturated carbocycles. The van der Waals surface area contributed by atoms with E-state index in [1.165, 1.54) is 62.7 Å². The lowest BCUT2D eigenvalue weighted by Crippen LogP contribution is -2.35. The quantitative estimate of drug-likeness (QED) is 0.237. The Morgan fingerprint density at radius 1 is 1.10 bits per heavy atom. The summed E-state index contributed by atoms with van der Waals surface area (Å²) in [6, 6.07) is 13.0. The minimum atomic E-state index is -4.59. The Hall–Kier alpha value is -5.12. The highest BCUT2D eigenvalue weighted by molar-refractivity contribution is 6.11. The van der Waals surface area contributed by atoms with E-state index in [1.54, 1.807) is 0 Å². The molecule has 0 unspecified atom stereocenters. The van der Waals surface area contributed by atoms with Gasteiger partial charge in [0.05, 0.1) is 29.7 Å². The molecule has 9 nitrogen and oxygen atoms in total. The van der Waals surface area contributed by atoms with Gasteiger partial charge in [0.1, 0.15) is 35.2 Å². The number of hydrogen-bond acceptors (Lipinski definition) is 7. The van der Waals surface area contributed by atoms with E-state index in [0.29, 0.717) is 18.4 Å². The van der Waals surface area contributed by atoms with Gasteiger partial charge in [-0.1, -0.05) is 6.07 Å². The molecule has 0 aliphatic heterocycles. The molecule has 2 aromatic carbocycles. The molecular formula is C29H23F4N5O4. The number of aromatic nitrogens is 1. The summed E-state index contributed by atoms with van der Waals surface area (Å²) >= 11 is 0. The van der Waals surface area contributed by atoms with Crippen LogP contribution in [0.25, 0.3) is 33.6 Å². The lowest BCUT2D eigenvalue weighted by molar-refractivity contribution is -0.115. The number of nitrogens with zero attached hydrogens (tertiary/aromatic N) is 2. The Balaban J connectivity index is 1.70. The monoisotopic (exact) mass is 581 g/mol.